The first-order chi connectivity index (χ1) is 11.1. The number of aromatic nitrogens is 2. The van der Waals surface area contributed by atoms with Crippen LogP contribution >= 0.6 is 11.8 Å². The maximum atomic E-state index is 12.0. The third-order valence-corrected chi connectivity index (χ3v) is 4.56. The van der Waals surface area contributed by atoms with Crippen molar-refractivity contribution in [3.8, 4) is 5.88 Å². The molecule has 1 aromatic heterocycles. The molecule has 0 radical (unpaired) electrons. The number of H-pyrrole nitrogens is 1. The van der Waals surface area contributed by atoms with Crippen LogP contribution in [0.1, 0.15) is 31.7 Å². The molecule has 1 aliphatic rings. The summed E-state index contributed by atoms with van der Waals surface area (Å²) in [5, 5.41) is 10.2. The molecule has 0 bridgehead atoms. The zero-order chi connectivity index (χ0) is 16.7. The van der Waals surface area contributed by atoms with E-state index in [-0.39, 0.29) is 28.3 Å². The number of thioether (sulfide) groups is 1. The summed E-state index contributed by atoms with van der Waals surface area (Å²) < 4.78 is 5.20. The van der Waals surface area contributed by atoms with Crippen molar-refractivity contribution in [3.63, 3.8) is 0 Å². The Bertz CT molecular complexity index is 585. The van der Waals surface area contributed by atoms with Gasteiger partial charge in [0.1, 0.15) is 0 Å². The van der Waals surface area contributed by atoms with Crippen molar-refractivity contribution in [2.75, 3.05) is 32.1 Å². The Labute approximate surface area is 139 Å². The van der Waals surface area contributed by atoms with Crippen LogP contribution in [0.3, 0.4) is 0 Å². The van der Waals surface area contributed by atoms with E-state index < -0.39 is 0 Å². The maximum Gasteiger partial charge on any atom is 0.258 e. The van der Waals surface area contributed by atoms with Gasteiger partial charge in [-0.1, -0.05) is 31.5 Å². The number of carbonyl (C=O) groups is 1. The normalized spacial score (nSPS) is 14.9. The summed E-state index contributed by atoms with van der Waals surface area (Å²) in [5.74, 6) is -0.0731. The minimum atomic E-state index is -0.324. The molecular formula is C15H23N3O4S. The lowest BCUT2D eigenvalue weighted by Crippen LogP contribution is -2.41. The predicted molar refractivity (Wildman–Crippen MR) is 87.9 cm³/mol. The van der Waals surface area contributed by atoms with Crippen molar-refractivity contribution in [3.05, 3.63) is 15.9 Å². The number of hydrogen-bond acceptors (Lipinski definition) is 6. The number of aromatic hydroxyl groups is 1. The second-order valence-electron chi connectivity index (χ2n) is 5.41. The van der Waals surface area contributed by atoms with Crippen LogP contribution in [-0.4, -0.2) is 57.9 Å². The molecule has 2 rings (SSSR count). The highest BCUT2D eigenvalue weighted by Crippen LogP contribution is 2.18. The van der Waals surface area contributed by atoms with Crippen LogP contribution in [0.25, 0.3) is 0 Å². The van der Waals surface area contributed by atoms with Crippen LogP contribution in [0, 0.1) is 0 Å². The van der Waals surface area contributed by atoms with Gasteiger partial charge < -0.3 is 19.7 Å². The Hall–Kier alpha value is -1.54. The number of nitrogens with one attached hydrogen (secondary N) is 1. The number of unbranched alkanes of at least 4 members (excludes halogenated alkanes) is 2. The Morgan fingerprint density at radius 1 is 1.39 bits per heavy atom. The molecule has 1 fully saturated rings. The SMILES string of the molecule is CCCCCc1c(O)nc(SCC(=O)N2CCOCC2)[nH]c1=O. The molecule has 2 heterocycles. The fourth-order valence-electron chi connectivity index (χ4n) is 2.35. The number of amides is 1. The number of nitrogens with zero attached hydrogens (tertiary/aromatic N) is 2. The summed E-state index contributed by atoms with van der Waals surface area (Å²) >= 11 is 1.13. The molecule has 0 aromatic carbocycles. The molecule has 1 amide bonds. The smallest absolute Gasteiger partial charge is 0.258 e. The lowest BCUT2D eigenvalue weighted by molar-refractivity contribution is -0.132. The third kappa shape index (κ3) is 5.24. The van der Waals surface area contributed by atoms with Crippen LogP contribution in [0.4, 0.5) is 0 Å². The van der Waals surface area contributed by atoms with Crippen LogP contribution < -0.4 is 5.56 Å². The summed E-state index contributed by atoms with van der Waals surface area (Å²) in [6, 6.07) is 0. The first kappa shape index (κ1) is 17.8. The van der Waals surface area contributed by atoms with Gasteiger partial charge in [-0.15, -0.1) is 0 Å². The molecular weight excluding hydrogens is 318 g/mol. The highest BCUT2D eigenvalue weighted by Gasteiger charge is 2.18. The molecule has 23 heavy (non-hydrogen) atoms. The highest BCUT2D eigenvalue weighted by atomic mass is 32.2. The van der Waals surface area contributed by atoms with Crippen LogP contribution in [0.2, 0.25) is 0 Å². The van der Waals surface area contributed by atoms with E-state index in [4.69, 9.17) is 4.74 Å². The van der Waals surface area contributed by atoms with Gasteiger partial charge in [0, 0.05) is 13.1 Å². The molecule has 8 heteroatoms. The second-order valence-corrected chi connectivity index (χ2v) is 6.38. The molecule has 0 spiro atoms. The summed E-state index contributed by atoms with van der Waals surface area (Å²) in [7, 11) is 0. The minimum Gasteiger partial charge on any atom is -0.493 e. The molecule has 128 valence electrons. The van der Waals surface area contributed by atoms with E-state index in [0.717, 1.165) is 31.0 Å². The molecule has 0 atom stereocenters. The van der Waals surface area contributed by atoms with E-state index in [9.17, 15) is 14.7 Å². The van der Waals surface area contributed by atoms with Crippen LogP contribution in [0.15, 0.2) is 9.95 Å². The Morgan fingerprint density at radius 3 is 2.78 bits per heavy atom. The van der Waals surface area contributed by atoms with E-state index in [1.807, 2.05) is 0 Å². The number of rotatable bonds is 7. The number of carbonyl (C=O) groups excluding carboxylic acids is 1. The number of aromatic amines is 1. The topological polar surface area (TPSA) is 95.5 Å². The highest BCUT2D eigenvalue weighted by molar-refractivity contribution is 7.99. The average molecular weight is 341 g/mol. The number of hydrogen-bond donors (Lipinski definition) is 2. The van der Waals surface area contributed by atoms with Crippen molar-refractivity contribution < 1.29 is 14.6 Å². The number of morpholine rings is 1. The van der Waals surface area contributed by atoms with E-state index in [0.29, 0.717) is 38.3 Å². The first-order valence-electron chi connectivity index (χ1n) is 7.92. The van der Waals surface area contributed by atoms with Gasteiger partial charge in [0.25, 0.3) is 5.56 Å². The molecule has 0 saturated carbocycles. The van der Waals surface area contributed by atoms with Crippen molar-refractivity contribution in [1.82, 2.24) is 14.9 Å². The summed E-state index contributed by atoms with van der Waals surface area (Å²) in [4.78, 5) is 32.4. The van der Waals surface area contributed by atoms with Crippen molar-refractivity contribution in [2.24, 2.45) is 0 Å². The first-order valence-corrected chi connectivity index (χ1v) is 8.91. The lowest BCUT2D eigenvalue weighted by Gasteiger charge is -2.26. The Morgan fingerprint density at radius 2 is 2.13 bits per heavy atom. The third-order valence-electron chi connectivity index (χ3n) is 3.70. The second kappa shape index (κ2) is 8.93. The molecule has 2 N–H and O–H groups in total. The van der Waals surface area contributed by atoms with Crippen molar-refractivity contribution >= 4 is 17.7 Å². The zero-order valence-electron chi connectivity index (χ0n) is 13.3. The average Bonchev–Trinajstić information content (AvgIpc) is 2.56. The van der Waals surface area contributed by atoms with Gasteiger partial charge in [0.05, 0.1) is 24.5 Å². The Kier molecular flexibility index (Phi) is 6.91. The van der Waals surface area contributed by atoms with Gasteiger partial charge in [-0.25, -0.2) is 0 Å². The molecule has 0 unspecified atom stereocenters. The van der Waals surface area contributed by atoms with Crippen LogP contribution in [0.5, 0.6) is 5.88 Å². The fourth-order valence-corrected chi connectivity index (χ4v) is 3.10. The largest absolute Gasteiger partial charge is 0.493 e. The summed E-state index contributed by atoms with van der Waals surface area (Å²) in [5.41, 5.74) is -0.00256. The Balaban J connectivity index is 1.92. The van der Waals surface area contributed by atoms with E-state index in [2.05, 4.69) is 16.9 Å². The monoisotopic (exact) mass is 341 g/mol. The quantitative estimate of drug-likeness (QED) is 0.439. The molecule has 1 aromatic rings. The summed E-state index contributed by atoms with van der Waals surface area (Å²) in [6.45, 7) is 4.36. The van der Waals surface area contributed by atoms with Gasteiger partial charge in [-0.05, 0) is 12.8 Å². The molecule has 0 aliphatic carbocycles. The van der Waals surface area contributed by atoms with E-state index >= 15 is 0 Å². The summed E-state index contributed by atoms with van der Waals surface area (Å²) in [6.07, 6.45) is 3.41. The van der Waals surface area contributed by atoms with Gasteiger partial charge in [-0.2, -0.15) is 4.98 Å². The molecule has 1 saturated heterocycles. The van der Waals surface area contributed by atoms with E-state index in [1.165, 1.54) is 0 Å². The molecule has 1 aliphatic heterocycles. The predicted octanol–water partition coefficient (Wildman–Crippen LogP) is 1.16. The van der Waals surface area contributed by atoms with Gasteiger partial charge >= 0.3 is 0 Å². The fraction of sp³-hybridized carbons (Fsp3) is 0.667. The van der Waals surface area contributed by atoms with Gasteiger partial charge in [-0.3, -0.25) is 9.59 Å². The van der Waals surface area contributed by atoms with Crippen LogP contribution in [-0.2, 0) is 16.0 Å². The lowest BCUT2D eigenvalue weighted by atomic mass is 10.1. The number of ether oxygens (including phenoxy) is 1. The zero-order valence-corrected chi connectivity index (χ0v) is 14.2. The standard InChI is InChI=1S/C15H23N3O4S/c1-2-3-4-5-11-13(20)16-15(17-14(11)21)23-10-12(19)18-6-8-22-9-7-18/h2-10H2,1H3,(H2,16,17,20,21). The van der Waals surface area contributed by atoms with Gasteiger partial charge in [0.15, 0.2) is 5.16 Å². The maximum absolute atomic E-state index is 12.0. The van der Waals surface area contributed by atoms with E-state index in [1.54, 1.807) is 4.90 Å². The molecule has 7 nitrogen and oxygen atoms in total. The van der Waals surface area contributed by atoms with Crippen molar-refractivity contribution in [2.45, 2.75) is 37.8 Å². The van der Waals surface area contributed by atoms with Crippen molar-refractivity contribution in [1.29, 1.82) is 0 Å². The minimum absolute atomic E-state index is 0.0209. The van der Waals surface area contributed by atoms with Gasteiger partial charge in [0.2, 0.25) is 11.8 Å².